The number of carbonyl (C=O) groups is 2. The number of nitrogens with zero attached hydrogens (tertiary/aromatic N) is 2. The van der Waals surface area contributed by atoms with E-state index >= 15 is 0 Å². The Kier molecular flexibility index (Phi) is 11.2. The zero-order valence-electron chi connectivity index (χ0n) is 22.6. The van der Waals surface area contributed by atoms with Crippen molar-refractivity contribution in [2.45, 2.75) is 44.2 Å². The van der Waals surface area contributed by atoms with Crippen LogP contribution in [0.2, 0.25) is 10.0 Å². The van der Waals surface area contributed by atoms with E-state index in [1.165, 1.54) is 35.2 Å². The summed E-state index contributed by atoms with van der Waals surface area (Å²) in [5, 5.41) is 3.54. The summed E-state index contributed by atoms with van der Waals surface area (Å²) in [6, 6.07) is 18.2. The Labute approximate surface area is 245 Å². The molecular formula is C29H33Cl2N3O5S. The topological polar surface area (TPSA) is 96.0 Å². The zero-order chi connectivity index (χ0) is 29.3. The first-order chi connectivity index (χ1) is 19.1. The summed E-state index contributed by atoms with van der Waals surface area (Å²) in [5.74, 6) is -0.205. The summed E-state index contributed by atoms with van der Waals surface area (Å²) < 4.78 is 33.9. The lowest BCUT2D eigenvalue weighted by Gasteiger charge is -2.33. The largest absolute Gasteiger partial charge is 0.497 e. The molecule has 3 aromatic rings. The third kappa shape index (κ3) is 7.90. The van der Waals surface area contributed by atoms with Crippen molar-refractivity contribution in [3.63, 3.8) is 0 Å². The summed E-state index contributed by atoms with van der Waals surface area (Å²) in [6.45, 7) is 3.74. The molecule has 40 heavy (non-hydrogen) atoms. The van der Waals surface area contributed by atoms with Crippen LogP contribution in [0.25, 0.3) is 0 Å². The van der Waals surface area contributed by atoms with Crippen molar-refractivity contribution in [1.29, 1.82) is 0 Å². The highest BCUT2D eigenvalue weighted by atomic mass is 35.5. The van der Waals surface area contributed by atoms with E-state index in [0.717, 1.165) is 16.3 Å². The number of halogens is 2. The molecule has 0 unspecified atom stereocenters. The number of rotatable bonds is 13. The number of ether oxygens (including phenoxy) is 1. The molecule has 3 rings (SSSR count). The van der Waals surface area contributed by atoms with Crippen molar-refractivity contribution in [3.8, 4) is 5.75 Å². The molecule has 0 bridgehead atoms. The Bertz CT molecular complexity index is 1400. The molecule has 0 saturated carbocycles. The van der Waals surface area contributed by atoms with E-state index in [0.29, 0.717) is 28.8 Å². The summed E-state index contributed by atoms with van der Waals surface area (Å²) in [4.78, 5) is 28.5. The quantitative estimate of drug-likeness (QED) is 0.276. The van der Waals surface area contributed by atoms with Gasteiger partial charge in [-0.05, 0) is 73.0 Å². The van der Waals surface area contributed by atoms with E-state index < -0.39 is 28.5 Å². The molecule has 0 radical (unpaired) electrons. The average molecular weight is 607 g/mol. The van der Waals surface area contributed by atoms with Crippen molar-refractivity contribution < 1.29 is 22.7 Å². The summed E-state index contributed by atoms with van der Waals surface area (Å²) >= 11 is 12.2. The van der Waals surface area contributed by atoms with E-state index in [9.17, 15) is 18.0 Å². The van der Waals surface area contributed by atoms with E-state index in [4.69, 9.17) is 27.9 Å². The number of anilines is 1. The number of methoxy groups -OCH3 is 1. The molecule has 0 heterocycles. The number of carbonyl (C=O) groups excluding carboxylic acids is 2. The van der Waals surface area contributed by atoms with Crippen LogP contribution >= 0.6 is 23.2 Å². The van der Waals surface area contributed by atoms with Gasteiger partial charge in [0.05, 0.1) is 17.7 Å². The van der Waals surface area contributed by atoms with Crippen LogP contribution in [0, 0.1) is 0 Å². The van der Waals surface area contributed by atoms with E-state index in [2.05, 4.69) is 5.32 Å². The molecule has 0 aliphatic carbocycles. The lowest BCUT2D eigenvalue weighted by atomic mass is 10.1. The van der Waals surface area contributed by atoms with E-state index in [1.54, 1.807) is 49.6 Å². The highest BCUT2D eigenvalue weighted by Crippen LogP contribution is 2.28. The van der Waals surface area contributed by atoms with Crippen LogP contribution in [0.1, 0.15) is 32.3 Å². The van der Waals surface area contributed by atoms with Crippen LogP contribution in [0.4, 0.5) is 5.69 Å². The van der Waals surface area contributed by atoms with Gasteiger partial charge in [0, 0.05) is 23.1 Å². The summed E-state index contributed by atoms with van der Waals surface area (Å²) in [6.07, 6.45) is 1.06. The number of amides is 2. The van der Waals surface area contributed by atoms with Gasteiger partial charge in [0.1, 0.15) is 18.3 Å². The Balaban J connectivity index is 2.04. The maximum Gasteiger partial charge on any atom is 0.264 e. The molecule has 0 spiro atoms. The molecule has 1 atom stereocenters. The Morgan fingerprint density at radius 2 is 1.62 bits per heavy atom. The van der Waals surface area contributed by atoms with Crippen LogP contribution in [-0.2, 0) is 26.2 Å². The first-order valence-electron chi connectivity index (χ1n) is 12.8. The average Bonchev–Trinajstić information content (AvgIpc) is 2.95. The summed E-state index contributed by atoms with van der Waals surface area (Å²) in [7, 11) is -2.66. The number of hydrogen-bond acceptors (Lipinski definition) is 5. The lowest BCUT2D eigenvalue weighted by molar-refractivity contribution is -0.140. The predicted molar refractivity (Wildman–Crippen MR) is 158 cm³/mol. The van der Waals surface area contributed by atoms with E-state index in [1.807, 2.05) is 13.8 Å². The molecule has 0 saturated heterocycles. The smallest absolute Gasteiger partial charge is 0.264 e. The van der Waals surface area contributed by atoms with Gasteiger partial charge in [-0.1, -0.05) is 55.2 Å². The maximum atomic E-state index is 14.0. The van der Waals surface area contributed by atoms with Gasteiger partial charge in [0.2, 0.25) is 11.8 Å². The minimum absolute atomic E-state index is 0.0425. The second kappa shape index (κ2) is 14.4. The van der Waals surface area contributed by atoms with Crippen LogP contribution in [0.5, 0.6) is 5.75 Å². The first kappa shape index (κ1) is 31.3. The van der Waals surface area contributed by atoms with Gasteiger partial charge in [-0.3, -0.25) is 13.9 Å². The van der Waals surface area contributed by atoms with Gasteiger partial charge in [0.25, 0.3) is 10.0 Å². The van der Waals surface area contributed by atoms with Crippen LogP contribution in [0.15, 0.2) is 77.7 Å². The van der Waals surface area contributed by atoms with Gasteiger partial charge in [0.15, 0.2) is 0 Å². The summed E-state index contributed by atoms with van der Waals surface area (Å²) in [5.41, 5.74) is 0.967. The second-order valence-corrected chi connectivity index (χ2v) is 11.8. The molecule has 0 aliphatic rings. The first-order valence-corrected chi connectivity index (χ1v) is 15.0. The molecule has 8 nitrogen and oxygen atoms in total. The highest BCUT2D eigenvalue weighted by Gasteiger charge is 2.33. The molecular weight excluding hydrogens is 573 g/mol. The van der Waals surface area contributed by atoms with Crippen molar-refractivity contribution in [1.82, 2.24) is 10.2 Å². The standard InChI is InChI=1S/C29H33Cl2N3O5S/c1-4-17-32-29(36)27(5-2)33(19-21-9-13-25(39-3)14-10-21)28(35)20-34(24-8-6-7-23(31)18-24)40(37,38)26-15-11-22(30)12-16-26/h6-16,18,27H,4-5,17,19-20H2,1-3H3,(H,32,36)/t27-/m1/s1. The Morgan fingerprint density at radius 3 is 2.20 bits per heavy atom. The minimum atomic E-state index is -4.21. The fourth-order valence-corrected chi connectivity index (χ4v) is 5.82. The molecule has 2 amide bonds. The molecule has 0 fully saturated rings. The molecule has 0 aromatic heterocycles. The number of benzene rings is 3. The molecule has 11 heteroatoms. The Hall–Kier alpha value is -3.27. The van der Waals surface area contributed by atoms with Crippen LogP contribution in [-0.4, -0.2) is 51.4 Å². The van der Waals surface area contributed by atoms with Crippen LogP contribution in [0.3, 0.4) is 0 Å². The Morgan fingerprint density at radius 1 is 0.950 bits per heavy atom. The number of sulfonamides is 1. The fourth-order valence-electron chi connectivity index (χ4n) is 4.11. The third-order valence-corrected chi connectivity index (χ3v) is 8.50. The van der Waals surface area contributed by atoms with Gasteiger partial charge < -0.3 is 15.0 Å². The molecule has 1 N–H and O–H groups in total. The van der Waals surface area contributed by atoms with Crippen LogP contribution < -0.4 is 14.4 Å². The second-order valence-electron chi connectivity index (χ2n) is 9.03. The van der Waals surface area contributed by atoms with Crippen molar-refractivity contribution in [2.75, 3.05) is 24.5 Å². The minimum Gasteiger partial charge on any atom is -0.497 e. The predicted octanol–water partition coefficient (Wildman–Crippen LogP) is 5.53. The monoisotopic (exact) mass is 605 g/mol. The normalized spacial score (nSPS) is 11.9. The highest BCUT2D eigenvalue weighted by molar-refractivity contribution is 7.92. The lowest BCUT2D eigenvalue weighted by Crippen LogP contribution is -2.52. The van der Waals surface area contributed by atoms with Gasteiger partial charge in [-0.25, -0.2) is 8.42 Å². The van der Waals surface area contributed by atoms with Gasteiger partial charge >= 0.3 is 0 Å². The van der Waals surface area contributed by atoms with Gasteiger partial charge in [-0.2, -0.15) is 0 Å². The maximum absolute atomic E-state index is 14.0. The number of hydrogen-bond donors (Lipinski definition) is 1. The third-order valence-electron chi connectivity index (χ3n) is 6.22. The van der Waals surface area contributed by atoms with Crippen molar-refractivity contribution in [2.24, 2.45) is 0 Å². The van der Waals surface area contributed by atoms with Crippen molar-refractivity contribution >= 4 is 50.7 Å². The molecule has 0 aliphatic heterocycles. The van der Waals surface area contributed by atoms with Crippen molar-refractivity contribution in [3.05, 3.63) is 88.4 Å². The van der Waals surface area contributed by atoms with Gasteiger partial charge in [-0.15, -0.1) is 0 Å². The molecule has 3 aromatic carbocycles. The SMILES string of the molecule is CCCNC(=O)[C@@H](CC)N(Cc1ccc(OC)cc1)C(=O)CN(c1cccc(Cl)c1)S(=O)(=O)c1ccc(Cl)cc1. The molecule has 214 valence electrons. The number of nitrogens with one attached hydrogen (secondary N) is 1. The van der Waals surface area contributed by atoms with E-state index in [-0.39, 0.29) is 23.0 Å². The zero-order valence-corrected chi connectivity index (χ0v) is 25.0. The fraction of sp³-hybridized carbons (Fsp3) is 0.310.